The monoisotopic (exact) mass is 312 g/mol. The molecule has 2 aromatic carbocycles. The van der Waals surface area contributed by atoms with Crippen molar-refractivity contribution >= 4 is 34.6 Å². The summed E-state index contributed by atoms with van der Waals surface area (Å²) < 4.78 is 12.9. The van der Waals surface area contributed by atoms with Gasteiger partial charge >= 0.3 is 0 Å². The molecule has 1 heterocycles. The van der Waals surface area contributed by atoms with E-state index in [-0.39, 0.29) is 11.7 Å². The number of carbonyl (C=O) groups is 1. The Morgan fingerprint density at radius 3 is 2.59 bits per heavy atom. The van der Waals surface area contributed by atoms with Crippen molar-refractivity contribution in [2.45, 2.75) is 6.92 Å². The highest BCUT2D eigenvalue weighted by molar-refractivity contribution is 8.18. The second kappa shape index (κ2) is 6.15. The van der Waals surface area contributed by atoms with E-state index in [1.54, 1.807) is 18.2 Å². The summed E-state index contributed by atoms with van der Waals surface area (Å²) in [6.45, 7) is 1.97. The molecule has 2 aromatic rings. The Morgan fingerprint density at radius 2 is 1.86 bits per heavy atom. The summed E-state index contributed by atoms with van der Waals surface area (Å²) in [6.07, 6.45) is 1.72. The molecule has 0 aromatic heterocycles. The smallest absolute Gasteiger partial charge is 0.264 e. The molecule has 1 aliphatic heterocycles. The number of thioether (sulfide) groups is 1. The molecule has 5 heteroatoms. The van der Waals surface area contributed by atoms with Crippen molar-refractivity contribution in [1.29, 1.82) is 0 Å². The molecule has 22 heavy (non-hydrogen) atoms. The van der Waals surface area contributed by atoms with E-state index < -0.39 is 0 Å². The molecule has 1 aliphatic rings. The van der Waals surface area contributed by atoms with Gasteiger partial charge < -0.3 is 5.32 Å². The van der Waals surface area contributed by atoms with Crippen LogP contribution in [0.1, 0.15) is 11.1 Å². The lowest BCUT2D eigenvalue weighted by Crippen LogP contribution is -2.19. The number of benzene rings is 2. The van der Waals surface area contributed by atoms with Crippen LogP contribution in [0.2, 0.25) is 0 Å². The van der Waals surface area contributed by atoms with Crippen LogP contribution in [0.5, 0.6) is 0 Å². The zero-order valence-electron chi connectivity index (χ0n) is 11.8. The minimum Gasteiger partial charge on any atom is -0.300 e. The van der Waals surface area contributed by atoms with Crippen LogP contribution >= 0.6 is 11.8 Å². The number of amidine groups is 1. The van der Waals surface area contributed by atoms with Crippen LogP contribution < -0.4 is 5.32 Å². The summed E-state index contributed by atoms with van der Waals surface area (Å²) >= 11 is 1.28. The number of amides is 1. The highest BCUT2D eigenvalue weighted by atomic mass is 32.2. The number of carbonyl (C=O) groups excluding carboxylic acids is 1. The van der Waals surface area contributed by atoms with Crippen LogP contribution in [0.25, 0.3) is 6.08 Å². The number of hydrogen-bond donors (Lipinski definition) is 1. The molecular weight excluding hydrogens is 299 g/mol. The summed E-state index contributed by atoms with van der Waals surface area (Å²) in [5.74, 6) is -0.492. The van der Waals surface area contributed by atoms with E-state index in [0.29, 0.717) is 10.1 Å². The van der Waals surface area contributed by atoms with Gasteiger partial charge in [-0.25, -0.2) is 9.38 Å². The zero-order valence-corrected chi connectivity index (χ0v) is 12.7. The van der Waals surface area contributed by atoms with Crippen LogP contribution in [0.3, 0.4) is 0 Å². The molecule has 1 amide bonds. The lowest BCUT2D eigenvalue weighted by Gasteiger charge is -1.99. The van der Waals surface area contributed by atoms with Crippen molar-refractivity contribution in [3.8, 4) is 0 Å². The Balaban J connectivity index is 1.84. The van der Waals surface area contributed by atoms with Gasteiger partial charge in [-0.2, -0.15) is 0 Å². The topological polar surface area (TPSA) is 41.5 Å². The van der Waals surface area contributed by atoms with Gasteiger partial charge in [0.1, 0.15) is 5.82 Å². The lowest BCUT2D eigenvalue weighted by atomic mass is 10.2. The first-order valence-electron chi connectivity index (χ1n) is 6.72. The SMILES string of the molecule is Cc1ccccc1N=C1NC(=O)/C(=C/c2ccc(F)cc2)S1. The molecule has 3 nitrogen and oxygen atoms in total. The van der Waals surface area contributed by atoms with E-state index in [1.165, 1.54) is 23.9 Å². The number of halogens is 1. The van der Waals surface area contributed by atoms with Gasteiger partial charge in [0, 0.05) is 0 Å². The minimum absolute atomic E-state index is 0.193. The van der Waals surface area contributed by atoms with Crippen molar-refractivity contribution in [3.05, 3.63) is 70.4 Å². The van der Waals surface area contributed by atoms with Crippen molar-refractivity contribution in [2.75, 3.05) is 0 Å². The molecule has 1 N–H and O–H groups in total. The molecule has 110 valence electrons. The van der Waals surface area contributed by atoms with Crippen molar-refractivity contribution < 1.29 is 9.18 Å². The molecule has 0 atom stereocenters. The van der Waals surface area contributed by atoms with Gasteiger partial charge in [0.25, 0.3) is 5.91 Å². The van der Waals surface area contributed by atoms with Crippen LogP contribution in [-0.4, -0.2) is 11.1 Å². The Labute approximate surface area is 132 Å². The fourth-order valence-corrected chi connectivity index (χ4v) is 2.82. The van der Waals surface area contributed by atoms with E-state index in [2.05, 4.69) is 10.3 Å². The van der Waals surface area contributed by atoms with Gasteiger partial charge in [0.05, 0.1) is 10.6 Å². The van der Waals surface area contributed by atoms with Gasteiger partial charge in [0.15, 0.2) is 5.17 Å². The predicted octanol–water partition coefficient (Wildman–Crippen LogP) is 4.03. The molecule has 1 saturated heterocycles. The normalized spacial score (nSPS) is 18.0. The Kier molecular flexibility index (Phi) is 4.06. The molecule has 0 unspecified atom stereocenters. The Bertz CT molecular complexity index is 782. The summed E-state index contributed by atoms with van der Waals surface area (Å²) in [6, 6.07) is 13.7. The standard InChI is InChI=1S/C17H13FN2OS/c1-11-4-2-3-5-14(11)19-17-20-16(21)15(22-17)10-12-6-8-13(18)9-7-12/h2-10H,1H3,(H,19,20,21)/b15-10-. The van der Waals surface area contributed by atoms with E-state index in [1.807, 2.05) is 31.2 Å². The van der Waals surface area contributed by atoms with Crippen molar-refractivity contribution in [2.24, 2.45) is 4.99 Å². The lowest BCUT2D eigenvalue weighted by molar-refractivity contribution is -0.115. The Morgan fingerprint density at radius 1 is 1.14 bits per heavy atom. The largest absolute Gasteiger partial charge is 0.300 e. The second-order valence-electron chi connectivity index (χ2n) is 4.82. The van der Waals surface area contributed by atoms with Crippen LogP contribution in [0.4, 0.5) is 10.1 Å². The highest BCUT2D eigenvalue weighted by Crippen LogP contribution is 2.28. The summed E-state index contributed by atoms with van der Waals surface area (Å²) in [4.78, 5) is 17.0. The van der Waals surface area contributed by atoms with Crippen LogP contribution in [0, 0.1) is 12.7 Å². The average molecular weight is 312 g/mol. The fourth-order valence-electron chi connectivity index (χ4n) is 1.99. The first kappa shape index (κ1) is 14.5. The van der Waals surface area contributed by atoms with Gasteiger partial charge in [-0.15, -0.1) is 0 Å². The van der Waals surface area contributed by atoms with E-state index >= 15 is 0 Å². The van der Waals surface area contributed by atoms with E-state index in [9.17, 15) is 9.18 Å². The maximum Gasteiger partial charge on any atom is 0.264 e. The summed E-state index contributed by atoms with van der Waals surface area (Å²) in [5, 5.41) is 3.29. The molecule has 0 bridgehead atoms. The molecule has 1 fully saturated rings. The first-order valence-corrected chi connectivity index (χ1v) is 7.54. The third-order valence-corrected chi connectivity index (χ3v) is 4.07. The number of nitrogens with zero attached hydrogens (tertiary/aromatic N) is 1. The number of rotatable bonds is 2. The van der Waals surface area contributed by atoms with Gasteiger partial charge in [-0.3, -0.25) is 4.79 Å². The van der Waals surface area contributed by atoms with Crippen LogP contribution in [-0.2, 0) is 4.79 Å². The average Bonchev–Trinajstić information content (AvgIpc) is 2.84. The number of hydrogen-bond acceptors (Lipinski definition) is 3. The van der Waals surface area contributed by atoms with E-state index in [0.717, 1.165) is 16.8 Å². The van der Waals surface area contributed by atoms with Crippen LogP contribution in [0.15, 0.2) is 58.4 Å². The third kappa shape index (κ3) is 3.26. The maximum absolute atomic E-state index is 12.9. The minimum atomic E-state index is -0.299. The zero-order chi connectivity index (χ0) is 15.5. The number of nitrogens with one attached hydrogen (secondary N) is 1. The van der Waals surface area contributed by atoms with Gasteiger partial charge in [-0.05, 0) is 54.1 Å². The molecular formula is C17H13FN2OS. The molecule has 0 spiro atoms. The molecule has 0 aliphatic carbocycles. The molecule has 0 radical (unpaired) electrons. The Hall–Kier alpha value is -2.40. The van der Waals surface area contributed by atoms with Crippen molar-refractivity contribution in [1.82, 2.24) is 5.32 Å². The maximum atomic E-state index is 12.9. The number of aliphatic imine (C=N–C) groups is 1. The third-order valence-electron chi connectivity index (χ3n) is 3.16. The summed E-state index contributed by atoms with van der Waals surface area (Å²) in [5.41, 5.74) is 2.64. The molecule has 0 saturated carbocycles. The van der Waals surface area contributed by atoms with Gasteiger partial charge in [-0.1, -0.05) is 30.3 Å². The first-order chi connectivity index (χ1) is 10.6. The highest BCUT2D eigenvalue weighted by Gasteiger charge is 2.23. The fraction of sp³-hybridized carbons (Fsp3) is 0.0588. The van der Waals surface area contributed by atoms with Gasteiger partial charge in [0.2, 0.25) is 0 Å². The number of para-hydroxylation sites is 1. The predicted molar refractivity (Wildman–Crippen MR) is 88.4 cm³/mol. The quantitative estimate of drug-likeness (QED) is 0.851. The second-order valence-corrected chi connectivity index (χ2v) is 5.85. The molecule has 3 rings (SSSR count). The number of aryl methyl sites for hydroxylation is 1. The van der Waals surface area contributed by atoms with Crippen molar-refractivity contribution in [3.63, 3.8) is 0 Å². The van der Waals surface area contributed by atoms with E-state index in [4.69, 9.17) is 0 Å². The summed E-state index contributed by atoms with van der Waals surface area (Å²) in [7, 11) is 0.